The monoisotopic (exact) mass is 523 g/mol. The second kappa shape index (κ2) is 13.8. The predicted octanol–water partition coefficient (Wildman–Crippen LogP) is 3.86. The number of aliphatic hydroxyl groups excluding tert-OH is 1. The Morgan fingerprint density at radius 2 is 1.66 bits per heavy atom. The number of amides is 1. The van der Waals surface area contributed by atoms with Crippen LogP contribution in [0.1, 0.15) is 41.4 Å². The van der Waals surface area contributed by atoms with Crippen LogP contribution in [-0.2, 0) is 9.53 Å². The number of benzene rings is 3. The Morgan fingerprint density at radius 3 is 2.29 bits per heavy atom. The predicted molar refractivity (Wildman–Crippen MR) is 141 cm³/mol. The molecule has 0 spiro atoms. The van der Waals surface area contributed by atoms with Gasteiger partial charge in [0.25, 0.3) is 5.91 Å². The molecule has 0 saturated heterocycles. The van der Waals surface area contributed by atoms with E-state index in [1.54, 1.807) is 68.4 Å². The van der Waals surface area contributed by atoms with Crippen molar-refractivity contribution in [3.63, 3.8) is 0 Å². The van der Waals surface area contributed by atoms with Gasteiger partial charge in [-0.25, -0.2) is 9.18 Å². The van der Waals surface area contributed by atoms with Gasteiger partial charge < -0.3 is 30.4 Å². The zero-order valence-corrected chi connectivity index (χ0v) is 21.1. The van der Waals surface area contributed by atoms with E-state index in [2.05, 4.69) is 10.3 Å². The smallest absolute Gasteiger partial charge is 0.333 e. The zero-order valence-electron chi connectivity index (χ0n) is 21.1. The molecule has 9 nitrogen and oxygen atoms in total. The quantitative estimate of drug-likeness (QED) is 0.185. The summed E-state index contributed by atoms with van der Waals surface area (Å²) in [6, 6.07) is 16.3. The van der Waals surface area contributed by atoms with Crippen LogP contribution in [-0.4, -0.2) is 49.2 Å². The highest BCUT2D eigenvalue weighted by atomic mass is 19.1. The van der Waals surface area contributed by atoms with E-state index in [1.807, 2.05) is 0 Å². The minimum atomic E-state index is -1.21. The van der Waals surface area contributed by atoms with E-state index in [9.17, 15) is 9.59 Å². The molecule has 0 unspecified atom stereocenters. The number of nitrogens with two attached hydrogens (primary N) is 1. The number of rotatable bonds is 12. The zero-order chi connectivity index (χ0) is 27.5. The van der Waals surface area contributed by atoms with Crippen LogP contribution in [0, 0.1) is 5.82 Å². The van der Waals surface area contributed by atoms with Gasteiger partial charge in [0.15, 0.2) is 17.5 Å². The molecule has 38 heavy (non-hydrogen) atoms. The fourth-order valence-electron chi connectivity index (χ4n) is 3.52. The Balaban J connectivity index is 1.87. The number of nitrogens with one attached hydrogen (secondary N) is 1. The number of carbonyl (C=O) groups excluding carboxylic acids is 2. The van der Waals surface area contributed by atoms with Crippen molar-refractivity contribution in [2.75, 3.05) is 31.7 Å². The molecule has 0 radical (unpaired) electrons. The maximum atomic E-state index is 15.2. The average Bonchev–Trinajstić information content (AvgIpc) is 2.92. The maximum absolute atomic E-state index is 15.2. The Hall–Kier alpha value is -4.44. The van der Waals surface area contributed by atoms with Crippen molar-refractivity contribution in [1.29, 1.82) is 0 Å². The highest BCUT2D eigenvalue weighted by Gasteiger charge is 2.27. The Bertz CT molecular complexity index is 1270. The van der Waals surface area contributed by atoms with Gasteiger partial charge in [-0.15, -0.1) is 0 Å². The first kappa shape index (κ1) is 28.1. The number of aliphatic hydroxyl groups is 1. The van der Waals surface area contributed by atoms with E-state index in [4.69, 9.17) is 25.1 Å². The van der Waals surface area contributed by atoms with Crippen LogP contribution in [0.5, 0.6) is 11.5 Å². The van der Waals surface area contributed by atoms with Gasteiger partial charge in [-0.1, -0.05) is 18.2 Å². The van der Waals surface area contributed by atoms with E-state index >= 15 is 4.39 Å². The summed E-state index contributed by atoms with van der Waals surface area (Å²) in [5.41, 5.74) is 7.37. The molecule has 0 fully saturated rings. The van der Waals surface area contributed by atoms with Crippen molar-refractivity contribution < 1.29 is 33.3 Å². The molecule has 10 heteroatoms. The Kier molecular flexibility index (Phi) is 10.2. The molecule has 3 rings (SSSR count). The lowest BCUT2D eigenvalue weighted by Crippen LogP contribution is -2.25. The number of hydrogen-bond acceptors (Lipinski definition) is 7. The third-order valence-electron chi connectivity index (χ3n) is 5.28. The number of anilines is 1. The van der Waals surface area contributed by atoms with Crippen LogP contribution in [0.15, 0.2) is 71.7 Å². The SMILES string of the molecule is CCOC(=O)[C@H](Nc1ccc(C(N)=NC(=O)c2ccccc2)cc1)c1cc(OCC)c(OCCO)cc1F. The number of amidine groups is 1. The standard InChI is InChI=1S/C28H30FN3O6/c1-3-36-23-16-21(22(29)17-24(23)38-15-14-33)25(28(35)37-4-2)31-20-12-10-18(11-13-20)26(30)32-27(34)19-8-6-5-7-9-19/h5-13,16-17,25,31,33H,3-4,14-15H2,1-2H3,(H2,30,32,34)/t25-/m1/s1. The normalized spacial score (nSPS) is 11.9. The first-order chi connectivity index (χ1) is 18.4. The average molecular weight is 524 g/mol. The molecule has 0 aliphatic heterocycles. The summed E-state index contributed by atoms with van der Waals surface area (Å²) < 4.78 is 31.3. The third-order valence-corrected chi connectivity index (χ3v) is 5.28. The van der Waals surface area contributed by atoms with Crippen LogP contribution in [0.25, 0.3) is 0 Å². The minimum Gasteiger partial charge on any atom is -0.490 e. The second-order valence-corrected chi connectivity index (χ2v) is 7.90. The highest BCUT2D eigenvalue weighted by Crippen LogP contribution is 2.35. The molecule has 0 heterocycles. The van der Waals surface area contributed by atoms with E-state index in [1.165, 1.54) is 6.07 Å². The molecule has 1 amide bonds. The number of hydrogen-bond donors (Lipinski definition) is 3. The van der Waals surface area contributed by atoms with Crippen molar-refractivity contribution in [1.82, 2.24) is 0 Å². The van der Waals surface area contributed by atoms with Crippen molar-refractivity contribution >= 4 is 23.4 Å². The third kappa shape index (κ3) is 7.30. The number of ether oxygens (including phenoxy) is 3. The fourth-order valence-corrected chi connectivity index (χ4v) is 3.52. The van der Waals surface area contributed by atoms with Gasteiger partial charge in [-0.3, -0.25) is 4.79 Å². The minimum absolute atomic E-state index is 0.0122. The van der Waals surface area contributed by atoms with E-state index < -0.39 is 23.7 Å². The van der Waals surface area contributed by atoms with Crippen molar-refractivity contribution in [3.05, 3.63) is 89.2 Å². The first-order valence-corrected chi connectivity index (χ1v) is 12.0. The number of aliphatic imine (C=N–C) groups is 1. The first-order valence-electron chi connectivity index (χ1n) is 12.0. The summed E-state index contributed by atoms with van der Waals surface area (Å²) in [7, 11) is 0. The van der Waals surface area contributed by atoms with Gasteiger partial charge in [-0.2, -0.15) is 4.99 Å². The van der Waals surface area contributed by atoms with Crippen LogP contribution < -0.4 is 20.5 Å². The summed E-state index contributed by atoms with van der Waals surface area (Å²) >= 11 is 0. The van der Waals surface area contributed by atoms with Gasteiger partial charge in [-0.05, 0) is 56.3 Å². The molecule has 200 valence electrons. The number of nitrogens with zero attached hydrogens (tertiary/aromatic N) is 1. The van der Waals surface area contributed by atoms with Crippen LogP contribution in [0.4, 0.5) is 10.1 Å². The molecule has 3 aromatic carbocycles. The second-order valence-electron chi connectivity index (χ2n) is 7.90. The lowest BCUT2D eigenvalue weighted by Gasteiger charge is -2.21. The summed E-state index contributed by atoms with van der Waals surface area (Å²) in [4.78, 5) is 29.1. The molecular formula is C28H30FN3O6. The molecule has 4 N–H and O–H groups in total. The topological polar surface area (TPSA) is 132 Å². The summed E-state index contributed by atoms with van der Waals surface area (Å²) in [6.07, 6.45) is 0. The van der Waals surface area contributed by atoms with Gasteiger partial charge in [0, 0.05) is 28.4 Å². The van der Waals surface area contributed by atoms with Crippen molar-refractivity contribution in [2.45, 2.75) is 19.9 Å². The van der Waals surface area contributed by atoms with E-state index in [0.717, 1.165) is 6.07 Å². The summed E-state index contributed by atoms with van der Waals surface area (Å²) in [5.74, 6) is -1.54. The lowest BCUT2D eigenvalue weighted by atomic mass is 10.0. The molecule has 3 aromatic rings. The number of carbonyl (C=O) groups is 2. The Labute approximate surface area is 220 Å². The van der Waals surface area contributed by atoms with Gasteiger partial charge in [0.1, 0.15) is 18.3 Å². The van der Waals surface area contributed by atoms with Crippen LogP contribution in [0.2, 0.25) is 0 Å². The molecule has 0 aliphatic carbocycles. The van der Waals surface area contributed by atoms with Crippen molar-refractivity contribution in [2.24, 2.45) is 10.7 Å². The molecule has 0 aliphatic rings. The van der Waals surface area contributed by atoms with Gasteiger partial charge in [0.2, 0.25) is 0 Å². The van der Waals surface area contributed by atoms with Crippen LogP contribution in [0.3, 0.4) is 0 Å². The van der Waals surface area contributed by atoms with Gasteiger partial charge in [0.05, 0.1) is 19.8 Å². The summed E-state index contributed by atoms with van der Waals surface area (Å²) in [5, 5.41) is 12.0. The van der Waals surface area contributed by atoms with E-state index in [0.29, 0.717) is 16.8 Å². The lowest BCUT2D eigenvalue weighted by molar-refractivity contribution is -0.144. The number of esters is 1. The molecule has 0 saturated carbocycles. The molecule has 0 aromatic heterocycles. The highest BCUT2D eigenvalue weighted by molar-refractivity contribution is 6.08. The largest absolute Gasteiger partial charge is 0.490 e. The fraction of sp³-hybridized carbons (Fsp3) is 0.250. The van der Waals surface area contributed by atoms with Crippen LogP contribution >= 0.6 is 0 Å². The van der Waals surface area contributed by atoms with Crippen molar-refractivity contribution in [3.8, 4) is 11.5 Å². The maximum Gasteiger partial charge on any atom is 0.333 e. The molecular weight excluding hydrogens is 493 g/mol. The molecule has 1 atom stereocenters. The van der Waals surface area contributed by atoms with Gasteiger partial charge >= 0.3 is 5.97 Å². The summed E-state index contributed by atoms with van der Waals surface area (Å²) in [6.45, 7) is 3.47. The van der Waals surface area contributed by atoms with E-state index in [-0.39, 0.29) is 49.3 Å². The molecule has 0 bridgehead atoms. The Morgan fingerprint density at radius 1 is 0.974 bits per heavy atom. The number of halogens is 1.